The predicted octanol–water partition coefficient (Wildman–Crippen LogP) is 2.70. The molecule has 1 heterocycles. The third-order valence-corrected chi connectivity index (χ3v) is 3.76. The Bertz CT molecular complexity index is 667. The lowest BCUT2D eigenvalue weighted by Gasteiger charge is -2.15. The van der Waals surface area contributed by atoms with Gasteiger partial charge < -0.3 is 15.0 Å². The van der Waals surface area contributed by atoms with Gasteiger partial charge in [-0.1, -0.05) is 30.3 Å². The van der Waals surface area contributed by atoms with E-state index in [0.717, 1.165) is 10.0 Å². The number of nitrogens with zero attached hydrogens (tertiary/aromatic N) is 1. The second kappa shape index (κ2) is 7.26. The summed E-state index contributed by atoms with van der Waals surface area (Å²) in [5.74, 6) is -1.44. The number of hydrogen-bond donors (Lipinski definition) is 2. The van der Waals surface area contributed by atoms with Crippen LogP contribution in [0.4, 0.5) is 0 Å². The number of halogens is 1. The zero-order valence-electron chi connectivity index (χ0n) is 12.1. The summed E-state index contributed by atoms with van der Waals surface area (Å²) >= 11 is 3.32. The number of aryl methyl sites for hydroxylation is 1. The van der Waals surface area contributed by atoms with E-state index in [-0.39, 0.29) is 6.42 Å². The number of carbonyl (C=O) groups excluding carboxylic acids is 1. The van der Waals surface area contributed by atoms with Crippen molar-refractivity contribution in [1.82, 2.24) is 9.88 Å². The molecule has 0 aliphatic carbocycles. The largest absolute Gasteiger partial charge is 0.480 e. The van der Waals surface area contributed by atoms with E-state index in [1.807, 2.05) is 37.3 Å². The van der Waals surface area contributed by atoms with Crippen molar-refractivity contribution in [3.63, 3.8) is 0 Å². The van der Waals surface area contributed by atoms with Crippen molar-refractivity contribution in [2.45, 2.75) is 25.9 Å². The number of rotatable bonds is 6. The minimum atomic E-state index is -1.05. The summed E-state index contributed by atoms with van der Waals surface area (Å²) in [6.45, 7) is 2.55. The smallest absolute Gasteiger partial charge is 0.326 e. The maximum Gasteiger partial charge on any atom is 0.326 e. The molecule has 0 unspecified atom stereocenters. The number of hydrogen-bond acceptors (Lipinski definition) is 2. The van der Waals surface area contributed by atoms with Gasteiger partial charge in [0.1, 0.15) is 11.7 Å². The third kappa shape index (κ3) is 3.98. The molecule has 0 bridgehead atoms. The number of aliphatic carboxylic acids is 1. The van der Waals surface area contributed by atoms with Crippen molar-refractivity contribution in [3.8, 4) is 0 Å². The average molecular weight is 365 g/mol. The molecule has 0 saturated heterocycles. The van der Waals surface area contributed by atoms with Crippen molar-refractivity contribution in [1.29, 1.82) is 0 Å². The lowest BCUT2D eigenvalue weighted by molar-refractivity contribution is -0.139. The summed E-state index contributed by atoms with van der Waals surface area (Å²) in [5, 5.41) is 11.9. The Labute approximate surface area is 137 Å². The van der Waals surface area contributed by atoms with Crippen LogP contribution in [0.2, 0.25) is 0 Å². The summed E-state index contributed by atoms with van der Waals surface area (Å²) < 4.78 is 2.55. The Morgan fingerprint density at radius 3 is 2.59 bits per heavy atom. The number of carbonyl (C=O) groups is 2. The quantitative estimate of drug-likeness (QED) is 0.827. The molecule has 1 aromatic carbocycles. The standard InChI is InChI=1S/C16H17BrN2O3/c1-2-19-10-12(17)9-14(19)15(20)18-13(16(21)22)8-11-6-4-3-5-7-11/h3-7,9-10,13H,2,8H2,1H3,(H,18,20)(H,21,22)/t13-/m1/s1. The van der Waals surface area contributed by atoms with Gasteiger partial charge in [0.25, 0.3) is 5.91 Å². The Balaban J connectivity index is 2.14. The molecule has 116 valence electrons. The molecule has 0 aliphatic rings. The second-order valence-corrected chi connectivity index (χ2v) is 5.80. The van der Waals surface area contributed by atoms with Crippen LogP contribution in [0.15, 0.2) is 47.1 Å². The van der Waals surface area contributed by atoms with Gasteiger partial charge in [0, 0.05) is 23.6 Å². The van der Waals surface area contributed by atoms with Crippen LogP contribution in [-0.4, -0.2) is 27.6 Å². The summed E-state index contributed by atoms with van der Waals surface area (Å²) in [5.41, 5.74) is 1.30. The fourth-order valence-electron chi connectivity index (χ4n) is 2.21. The Morgan fingerprint density at radius 1 is 1.32 bits per heavy atom. The first-order valence-electron chi connectivity index (χ1n) is 6.94. The maximum absolute atomic E-state index is 12.3. The van der Waals surface area contributed by atoms with E-state index in [1.54, 1.807) is 16.8 Å². The highest BCUT2D eigenvalue weighted by Gasteiger charge is 2.22. The minimum Gasteiger partial charge on any atom is -0.480 e. The van der Waals surface area contributed by atoms with Gasteiger partial charge in [-0.15, -0.1) is 0 Å². The molecule has 5 nitrogen and oxygen atoms in total. The van der Waals surface area contributed by atoms with Gasteiger partial charge in [-0.3, -0.25) is 4.79 Å². The SMILES string of the molecule is CCn1cc(Br)cc1C(=O)N[C@H](Cc1ccccc1)C(=O)O. The van der Waals surface area contributed by atoms with Crippen LogP contribution in [0.5, 0.6) is 0 Å². The van der Waals surface area contributed by atoms with Crippen molar-refractivity contribution in [2.24, 2.45) is 0 Å². The van der Waals surface area contributed by atoms with Crippen LogP contribution in [-0.2, 0) is 17.8 Å². The third-order valence-electron chi connectivity index (χ3n) is 3.32. The molecular formula is C16H17BrN2O3. The van der Waals surface area contributed by atoms with Gasteiger partial charge in [-0.05, 0) is 34.5 Å². The lowest BCUT2D eigenvalue weighted by atomic mass is 10.1. The van der Waals surface area contributed by atoms with Crippen LogP contribution in [0.1, 0.15) is 23.0 Å². The normalized spacial score (nSPS) is 11.9. The van der Waals surface area contributed by atoms with Crippen LogP contribution in [0.3, 0.4) is 0 Å². The molecule has 22 heavy (non-hydrogen) atoms. The van der Waals surface area contributed by atoms with E-state index in [2.05, 4.69) is 21.2 Å². The maximum atomic E-state index is 12.3. The predicted molar refractivity (Wildman–Crippen MR) is 86.8 cm³/mol. The van der Waals surface area contributed by atoms with Gasteiger partial charge in [0.2, 0.25) is 0 Å². The van der Waals surface area contributed by atoms with E-state index in [1.165, 1.54) is 0 Å². The Morgan fingerprint density at radius 2 is 2.00 bits per heavy atom. The molecule has 0 spiro atoms. The Kier molecular flexibility index (Phi) is 5.38. The first kappa shape index (κ1) is 16.3. The second-order valence-electron chi connectivity index (χ2n) is 4.88. The summed E-state index contributed by atoms with van der Waals surface area (Å²) in [6, 6.07) is 9.95. The highest BCUT2D eigenvalue weighted by Crippen LogP contribution is 2.15. The van der Waals surface area contributed by atoms with E-state index in [0.29, 0.717) is 12.2 Å². The first-order chi connectivity index (χ1) is 10.5. The molecule has 1 atom stereocenters. The van der Waals surface area contributed by atoms with Gasteiger partial charge in [0.15, 0.2) is 0 Å². The van der Waals surface area contributed by atoms with Crippen molar-refractivity contribution in [3.05, 3.63) is 58.3 Å². The molecule has 0 aliphatic heterocycles. The highest BCUT2D eigenvalue weighted by molar-refractivity contribution is 9.10. The van der Waals surface area contributed by atoms with E-state index in [4.69, 9.17) is 0 Å². The zero-order valence-corrected chi connectivity index (χ0v) is 13.7. The Hall–Kier alpha value is -2.08. The van der Waals surface area contributed by atoms with E-state index >= 15 is 0 Å². The monoisotopic (exact) mass is 364 g/mol. The molecule has 0 fully saturated rings. The molecule has 1 aromatic heterocycles. The molecule has 6 heteroatoms. The molecule has 2 N–H and O–H groups in total. The average Bonchev–Trinajstić information content (AvgIpc) is 2.88. The summed E-state index contributed by atoms with van der Waals surface area (Å²) in [6.07, 6.45) is 2.04. The molecule has 0 saturated carbocycles. The van der Waals surface area contributed by atoms with Crippen LogP contribution < -0.4 is 5.32 Å². The number of carboxylic acid groups (broad SMARTS) is 1. The fourth-order valence-corrected chi connectivity index (χ4v) is 2.67. The van der Waals surface area contributed by atoms with E-state index < -0.39 is 17.9 Å². The first-order valence-corrected chi connectivity index (χ1v) is 7.73. The van der Waals surface area contributed by atoms with Crippen LogP contribution in [0, 0.1) is 0 Å². The van der Waals surface area contributed by atoms with Crippen molar-refractivity contribution in [2.75, 3.05) is 0 Å². The van der Waals surface area contributed by atoms with Gasteiger partial charge >= 0.3 is 5.97 Å². The number of benzene rings is 1. The zero-order chi connectivity index (χ0) is 16.1. The highest BCUT2D eigenvalue weighted by atomic mass is 79.9. The van der Waals surface area contributed by atoms with Gasteiger partial charge in [-0.2, -0.15) is 0 Å². The molecule has 2 aromatic rings. The molecule has 1 amide bonds. The number of aromatic nitrogens is 1. The minimum absolute atomic E-state index is 0.246. The van der Waals surface area contributed by atoms with Crippen molar-refractivity contribution < 1.29 is 14.7 Å². The lowest BCUT2D eigenvalue weighted by Crippen LogP contribution is -2.42. The summed E-state index contributed by atoms with van der Waals surface area (Å²) in [4.78, 5) is 23.7. The molecular weight excluding hydrogens is 348 g/mol. The van der Waals surface area contributed by atoms with Crippen LogP contribution >= 0.6 is 15.9 Å². The van der Waals surface area contributed by atoms with Gasteiger partial charge in [-0.25, -0.2) is 4.79 Å². The van der Waals surface area contributed by atoms with Crippen LogP contribution in [0.25, 0.3) is 0 Å². The summed E-state index contributed by atoms with van der Waals surface area (Å²) in [7, 11) is 0. The fraction of sp³-hybridized carbons (Fsp3) is 0.250. The van der Waals surface area contributed by atoms with E-state index in [9.17, 15) is 14.7 Å². The number of amides is 1. The molecule has 0 radical (unpaired) electrons. The topological polar surface area (TPSA) is 71.3 Å². The number of nitrogens with one attached hydrogen (secondary N) is 1. The van der Waals surface area contributed by atoms with Crippen molar-refractivity contribution >= 4 is 27.8 Å². The van der Waals surface area contributed by atoms with Gasteiger partial charge in [0.05, 0.1) is 0 Å². The molecule has 2 rings (SSSR count). The number of carboxylic acids is 1.